The van der Waals surface area contributed by atoms with Crippen LogP contribution in [0.15, 0.2) is 36.4 Å². The van der Waals surface area contributed by atoms with Crippen molar-refractivity contribution < 1.29 is 48.5 Å². The quantitative estimate of drug-likeness (QED) is 0.127. The van der Waals surface area contributed by atoms with Gasteiger partial charge in [0.05, 0.1) is 52.9 Å². The first-order valence-electron chi connectivity index (χ1n) is 13.2. The van der Waals surface area contributed by atoms with Gasteiger partial charge in [-0.25, -0.2) is 0 Å². The van der Waals surface area contributed by atoms with Gasteiger partial charge in [0.1, 0.15) is 0 Å². The molecular formula is C27H40B2O10. The van der Waals surface area contributed by atoms with Crippen LogP contribution in [0.2, 0.25) is 0 Å². The number of ether oxygens (including phenoxy) is 6. The van der Waals surface area contributed by atoms with Crippen LogP contribution in [-0.2, 0) is 33.8 Å². The van der Waals surface area contributed by atoms with Gasteiger partial charge in [0, 0.05) is 32.8 Å². The molecule has 1 aliphatic rings. The fraction of sp³-hybridized carbons (Fsp3) is 0.556. The smallest absolute Gasteiger partial charge is 0.423 e. The number of fused-ring (bicyclic) bond motifs is 3. The first-order valence-corrected chi connectivity index (χ1v) is 13.2. The second kappa shape index (κ2) is 16.4. The Bertz CT molecular complexity index is 925. The van der Waals surface area contributed by atoms with Crippen molar-refractivity contribution in [2.24, 2.45) is 0 Å². The molecule has 0 radical (unpaired) electrons. The molecule has 0 atom stereocenters. The van der Waals surface area contributed by atoms with Gasteiger partial charge in [-0.05, 0) is 46.0 Å². The summed E-state index contributed by atoms with van der Waals surface area (Å²) in [6, 6.07) is 10.8. The van der Waals surface area contributed by atoms with E-state index in [-0.39, 0.29) is 0 Å². The third-order valence-corrected chi connectivity index (χ3v) is 6.96. The Hall–Kier alpha value is -1.83. The van der Waals surface area contributed by atoms with Crippen LogP contribution in [0.25, 0.3) is 11.1 Å². The maximum atomic E-state index is 9.92. The van der Waals surface area contributed by atoms with Gasteiger partial charge < -0.3 is 48.5 Å². The van der Waals surface area contributed by atoms with Crippen molar-refractivity contribution in [2.45, 2.75) is 18.3 Å². The average molecular weight is 546 g/mol. The van der Waals surface area contributed by atoms with Crippen LogP contribution in [-0.4, -0.2) is 115 Å². The molecule has 39 heavy (non-hydrogen) atoms. The van der Waals surface area contributed by atoms with Crippen molar-refractivity contribution in [3.8, 4) is 11.1 Å². The molecule has 0 aromatic heterocycles. The molecule has 0 saturated carbocycles. The lowest BCUT2D eigenvalue weighted by Gasteiger charge is -2.33. The van der Waals surface area contributed by atoms with E-state index in [2.05, 4.69) is 0 Å². The molecular weight excluding hydrogens is 506 g/mol. The van der Waals surface area contributed by atoms with E-state index in [1.165, 1.54) is 0 Å². The summed E-state index contributed by atoms with van der Waals surface area (Å²) in [4.78, 5) is 0. The lowest BCUT2D eigenvalue weighted by Crippen LogP contribution is -2.35. The Morgan fingerprint density at radius 1 is 0.538 bits per heavy atom. The van der Waals surface area contributed by atoms with Crippen molar-refractivity contribution in [2.75, 3.05) is 80.3 Å². The highest BCUT2D eigenvalue weighted by molar-refractivity contribution is 6.59. The van der Waals surface area contributed by atoms with Gasteiger partial charge in [-0.15, -0.1) is 0 Å². The van der Waals surface area contributed by atoms with Crippen molar-refractivity contribution >= 4 is 25.2 Å². The zero-order valence-electron chi connectivity index (χ0n) is 22.8. The third kappa shape index (κ3) is 8.58. The third-order valence-electron chi connectivity index (χ3n) is 6.96. The number of benzene rings is 2. The van der Waals surface area contributed by atoms with Gasteiger partial charge in [-0.1, -0.05) is 36.4 Å². The van der Waals surface area contributed by atoms with E-state index in [1.807, 2.05) is 24.3 Å². The number of methoxy groups -OCH3 is 2. The molecule has 0 saturated heterocycles. The molecule has 0 fully saturated rings. The maximum absolute atomic E-state index is 9.92. The summed E-state index contributed by atoms with van der Waals surface area (Å²) in [7, 11) is 0.00830. The van der Waals surface area contributed by atoms with Gasteiger partial charge in [0.15, 0.2) is 0 Å². The van der Waals surface area contributed by atoms with Crippen molar-refractivity contribution in [3.63, 3.8) is 0 Å². The molecule has 1 aliphatic carbocycles. The van der Waals surface area contributed by atoms with E-state index < -0.39 is 19.7 Å². The summed E-state index contributed by atoms with van der Waals surface area (Å²) in [5.74, 6) is 0. The predicted molar refractivity (Wildman–Crippen MR) is 149 cm³/mol. The maximum Gasteiger partial charge on any atom is 0.488 e. The highest BCUT2D eigenvalue weighted by Gasteiger charge is 2.43. The second-order valence-corrected chi connectivity index (χ2v) is 9.37. The normalized spacial score (nSPS) is 13.4. The van der Waals surface area contributed by atoms with Crippen LogP contribution >= 0.6 is 0 Å². The molecule has 2 aromatic carbocycles. The number of hydrogen-bond donors (Lipinski definition) is 4. The second-order valence-electron chi connectivity index (χ2n) is 9.37. The molecule has 0 heterocycles. The lowest BCUT2D eigenvalue weighted by atomic mass is 9.69. The van der Waals surface area contributed by atoms with Crippen LogP contribution in [0.3, 0.4) is 0 Å². The van der Waals surface area contributed by atoms with Gasteiger partial charge >= 0.3 is 14.2 Å². The molecule has 3 rings (SSSR count). The monoisotopic (exact) mass is 546 g/mol. The average Bonchev–Trinajstić information content (AvgIpc) is 3.20. The summed E-state index contributed by atoms with van der Waals surface area (Å²) >= 11 is 0. The summed E-state index contributed by atoms with van der Waals surface area (Å²) in [6.07, 6.45) is 1.13. The first-order chi connectivity index (χ1) is 18.9. The SMILES string of the molecule is COCCOCCOCCC1(CCOCCOCCOC)c2cc(B(O)O)ccc2-c2ccc(B(O)O)cc21. The number of hydrogen-bond acceptors (Lipinski definition) is 10. The largest absolute Gasteiger partial charge is 0.488 e. The summed E-state index contributed by atoms with van der Waals surface area (Å²) in [6.45, 7) is 4.56. The highest BCUT2D eigenvalue weighted by atomic mass is 16.5. The van der Waals surface area contributed by atoms with Crippen LogP contribution < -0.4 is 10.9 Å². The molecule has 0 amide bonds. The molecule has 0 spiro atoms. The molecule has 0 unspecified atom stereocenters. The van der Waals surface area contributed by atoms with Crippen LogP contribution in [0.5, 0.6) is 0 Å². The highest BCUT2D eigenvalue weighted by Crippen LogP contribution is 2.52. The Morgan fingerprint density at radius 2 is 0.897 bits per heavy atom. The molecule has 10 nitrogen and oxygen atoms in total. The fourth-order valence-electron chi connectivity index (χ4n) is 4.94. The zero-order valence-corrected chi connectivity index (χ0v) is 22.8. The van der Waals surface area contributed by atoms with E-state index in [9.17, 15) is 20.1 Å². The minimum Gasteiger partial charge on any atom is -0.423 e. The summed E-state index contributed by atoms with van der Waals surface area (Å²) < 4.78 is 32.8. The van der Waals surface area contributed by atoms with Crippen LogP contribution in [0, 0.1) is 0 Å². The van der Waals surface area contributed by atoms with Crippen LogP contribution in [0.4, 0.5) is 0 Å². The van der Waals surface area contributed by atoms with Gasteiger partial charge in [-0.2, -0.15) is 0 Å². The molecule has 4 N–H and O–H groups in total. The molecule has 12 heteroatoms. The van der Waals surface area contributed by atoms with Crippen LogP contribution in [0.1, 0.15) is 24.0 Å². The molecule has 214 valence electrons. The van der Waals surface area contributed by atoms with E-state index >= 15 is 0 Å². The Morgan fingerprint density at radius 3 is 1.26 bits per heavy atom. The van der Waals surface area contributed by atoms with E-state index in [0.717, 1.165) is 22.3 Å². The molecule has 0 aliphatic heterocycles. The lowest BCUT2D eigenvalue weighted by molar-refractivity contribution is 0.0145. The summed E-state index contributed by atoms with van der Waals surface area (Å²) in [5, 5.41) is 39.7. The van der Waals surface area contributed by atoms with E-state index in [4.69, 9.17) is 28.4 Å². The summed E-state index contributed by atoms with van der Waals surface area (Å²) in [5.41, 5.74) is 3.91. The fourth-order valence-corrected chi connectivity index (χ4v) is 4.94. The zero-order chi connectivity index (χ0) is 28.1. The standard InChI is InChI=1S/C27H40B2O10/c1-34-11-13-38-17-15-36-9-7-27(8-10-37-16-18-39-14-12-35-2)25-19-21(28(30)31)3-5-23(25)24-6-4-22(29(32)33)20-26(24)27/h3-6,19-20,30-33H,7-18H2,1-2H3. The van der Waals surface area contributed by atoms with Gasteiger partial charge in [-0.3, -0.25) is 0 Å². The Kier molecular flexibility index (Phi) is 13.4. The van der Waals surface area contributed by atoms with E-state index in [1.54, 1.807) is 26.4 Å². The van der Waals surface area contributed by atoms with Gasteiger partial charge in [0.25, 0.3) is 0 Å². The van der Waals surface area contributed by atoms with Crippen molar-refractivity contribution in [3.05, 3.63) is 47.5 Å². The Labute approximate surface area is 231 Å². The van der Waals surface area contributed by atoms with Crippen molar-refractivity contribution in [1.29, 1.82) is 0 Å². The minimum atomic E-state index is -1.62. The number of rotatable bonds is 20. The first kappa shape index (κ1) is 31.7. The van der Waals surface area contributed by atoms with E-state index in [0.29, 0.717) is 89.8 Å². The Balaban J connectivity index is 1.84. The van der Waals surface area contributed by atoms with Crippen molar-refractivity contribution in [1.82, 2.24) is 0 Å². The van der Waals surface area contributed by atoms with Gasteiger partial charge in [0.2, 0.25) is 0 Å². The minimum absolute atomic E-state index is 0.383. The molecule has 0 bridgehead atoms. The molecule has 2 aromatic rings. The topological polar surface area (TPSA) is 136 Å². The predicted octanol–water partition coefficient (Wildman–Crippen LogP) is -0.548.